The van der Waals surface area contributed by atoms with E-state index in [0.29, 0.717) is 0 Å². The van der Waals surface area contributed by atoms with Gasteiger partial charge >= 0.3 is 6.36 Å². The van der Waals surface area contributed by atoms with Crippen molar-refractivity contribution < 1.29 is 22.6 Å². The van der Waals surface area contributed by atoms with Gasteiger partial charge in [-0.15, -0.1) is 13.2 Å². The SMILES string of the molecule is F.FC(F)(F)Oc1ccccc1. The van der Waals surface area contributed by atoms with Crippen molar-refractivity contribution in [1.82, 2.24) is 0 Å². The fourth-order valence-corrected chi connectivity index (χ4v) is 0.622. The summed E-state index contributed by atoms with van der Waals surface area (Å²) in [6.07, 6.45) is -4.60. The van der Waals surface area contributed by atoms with Crippen LogP contribution >= 0.6 is 0 Å². The molecule has 0 bridgehead atoms. The Morgan fingerprint density at radius 3 is 1.92 bits per heavy atom. The van der Waals surface area contributed by atoms with Gasteiger partial charge in [-0.2, -0.15) is 0 Å². The molecule has 1 aromatic rings. The van der Waals surface area contributed by atoms with Gasteiger partial charge in [0.1, 0.15) is 5.75 Å². The summed E-state index contributed by atoms with van der Waals surface area (Å²) < 4.78 is 38.2. The van der Waals surface area contributed by atoms with Gasteiger partial charge in [0.2, 0.25) is 0 Å². The first kappa shape index (κ1) is 10.7. The average molecular weight is 182 g/mol. The highest BCUT2D eigenvalue weighted by molar-refractivity contribution is 5.20. The zero-order chi connectivity index (χ0) is 8.32. The molecule has 0 heterocycles. The number of ether oxygens (including phenoxy) is 1. The van der Waals surface area contributed by atoms with E-state index in [9.17, 15) is 13.2 Å². The molecule has 0 unspecified atom stereocenters. The van der Waals surface area contributed by atoms with Gasteiger partial charge in [-0.05, 0) is 12.1 Å². The van der Waals surface area contributed by atoms with E-state index in [1.54, 1.807) is 6.07 Å². The molecule has 68 valence electrons. The van der Waals surface area contributed by atoms with Gasteiger partial charge in [0.15, 0.2) is 0 Å². The van der Waals surface area contributed by atoms with Crippen LogP contribution in [0.5, 0.6) is 5.75 Å². The summed E-state index contributed by atoms with van der Waals surface area (Å²) in [6.45, 7) is 0. The van der Waals surface area contributed by atoms with Crippen LogP contribution in [0.4, 0.5) is 17.9 Å². The lowest BCUT2D eigenvalue weighted by atomic mass is 10.3. The van der Waals surface area contributed by atoms with Gasteiger partial charge in [-0.1, -0.05) is 18.2 Å². The molecule has 0 saturated heterocycles. The van der Waals surface area contributed by atoms with Gasteiger partial charge < -0.3 is 4.74 Å². The first-order chi connectivity index (χ1) is 5.08. The highest BCUT2D eigenvalue weighted by Gasteiger charge is 2.30. The molecule has 0 aliphatic heterocycles. The Bertz CT molecular complexity index is 219. The van der Waals surface area contributed by atoms with Crippen LogP contribution in [0.2, 0.25) is 0 Å². The highest BCUT2D eigenvalue weighted by Crippen LogP contribution is 2.21. The van der Waals surface area contributed by atoms with Gasteiger partial charge in [0.05, 0.1) is 0 Å². The van der Waals surface area contributed by atoms with Gasteiger partial charge in [-0.3, -0.25) is 4.70 Å². The Morgan fingerprint density at radius 1 is 1.00 bits per heavy atom. The summed E-state index contributed by atoms with van der Waals surface area (Å²) in [5.41, 5.74) is 0. The standard InChI is InChI=1S/C7H5F3O.FH/c8-7(9,10)11-6-4-2-1-3-5-6;/h1-5H;1H. The average Bonchev–Trinajstić information content (AvgIpc) is 1.85. The van der Waals surface area contributed by atoms with Crippen molar-refractivity contribution in [2.75, 3.05) is 0 Å². The summed E-state index contributed by atoms with van der Waals surface area (Å²) in [5.74, 6) is -0.194. The molecule has 0 saturated carbocycles. The Hall–Kier alpha value is -1.26. The maximum Gasteiger partial charge on any atom is 0.573 e. The van der Waals surface area contributed by atoms with Gasteiger partial charge in [0, 0.05) is 0 Å². The minimum Gasteiger partial charge on any atom is -0.406 e. The van der Waals surface area contributed by atoms with Crippen LogP contribution in [0, 0.1) is 0 Å². The number of hydrogen-bond donors (Lipinski definition) is 0. The lowest BCUT2D eigenvalue weighted by Gasteiger charge is -2.07. The zero-order valence-electron chi connectivity index (χ0n) is 5.84. The van der Waals surface area contributed by atoms with Crippen LogP contribution in [0.15, 0.2) is 30.3 Å². The maximum atomic E-state index is 11.5. The summed E-state index contributed by atoms with van der Waals surface area (Å²) in [6, 6.07) is 7.05. The van der Waals surface area contributed by atoms with Crippen LogP contribution in [-0.2, 0) is 0 Å². The number of para-hydroxylation sites is 1. The third kappa shape index (κ3) is 3.80. The Kier molecular flexibility index (Phi) is 3.53. The van der Waals surface area contributed by atoms with Crippen molar-refractivity contribution >= 4 is 0 Å². The van der Waals surface area contributed by atoms with Gasteiger partial charge in [0.25, 0.3) is 0 Å². The maximum absolute atomic E-state index is 11.5. The topological polar surface area (TPSA) is 9.23 Å². The second-order valence-corrected chi connectivity index (χ2v) is 1.86. The number of hydrogen-bond acceptors (Lipinski definition) is 1. The molecule has 1 aromatic carbocycles. The van der Waals surface area contributed by atoms with E-state index in [1.807, 2.05) is 0 Å². The van der Waals surface area contributed by atoms with Gasteiger partial charge in [-0.25, -0.2) is 0 Å². The molecule has 0 atom stereocenters. The van der Waals surface area contributed by atoms with Crippen LogP contribution in [0.25, 0.3) is 0 Å². The summed E-state index contributed by atoms with van der Waals surface area (Å²) >= 11 is 0. The molecule has 0 aromatic heterocycles. The van der Waals surface area contributed by atoms with Crippen molar-refractivity contribution in [2.45, 2.75) is 6.36 Å². The van der Waals surface area contributed by atoms with E-state index in [1.165, 1.54) is 24.3 Å². The second-order valence-electron chi connectivity index (χ2n) is 1.86. The molecule has 0 radical (unpaired) electrons. The predicted octanol–water partition coefficient (Wildman–Crippen LogP) is 2.74. The molecule has 1 rings (SSSR count). The van der Waals surface area contributed by atoms with Crippen molar-refractivity contribution in [2.24, 2.45) is 0 Å². The van der Waals surface area contributed by atoms with E-state index in [2.05, 4.69) is 4.74 Å². The number of halogens is 4. The first-order valence-corrected chi connectivity index (χ1v) is 2.89. The molecule has 5 heteroatoms. The molecular weight excluding hydrogens is 176 g/mol. The van der Waals surface area contributed by atoms with E-state index in [-0.39, 0.29) is 10.5 Å². The third-order valence-electron chi connectivity index (χ3n) is 0.977. The van der Waals surface area contributed by atoms with E-state index >= 15 is 0 Å². The minimum absolute atomic E-state index is 0. The predicted molar refractivity (Wildman–Crippen MR) is 35.6 cm³/mol. The molecule has 0 aliphatic carbocycles. The number of alkyl halides is 3. The van der Waals surface area contributed by atoms with Crippen LogP contribution in [0.1, 0.15) is 0 Å². The van der Waals surface area contributed by atoms with Crippen molar-refractivity contribution in [3.63, 3.8) is 0 Å². The largest absolute Gasteiger partial charge is 0.573 e. The van der Waals surface area contributed by atoms with Crippen molar-refractivity contribution in [3.8, 4) is 5.75 Å². The number of benzene rings is 1. The Labute approximate surface area is 66.1 Å². The van der Waals surface area contributed by atoms with E-state index in [4.69, 9.17) is 0 Å². The van der Waals surface area contributed by atoms with E-state index in [0.717, 1.165) is 0 Å². The molecule has 0 N–H and O–H groups in total. The molecule has 0 spiro atoms. The zero-order valence-corrected chi connectivity index (χ0v) is 5.84. The summed E-state index contributed by atoms with van der Waals surface area (Å²) in [5, 5.41) is 0. The Balaban J connectivity index is 0.00000121. The number of rotatable bonds is 1. The van der Waals surface area contributed by atoms with E-state index < -0.39 is 6.36 Å². The lowest BCUT2D eigenvalue weighted by Crippen LogP contribution is -2.16. The fourth-order valence-electron chi connectivity index (χ4n) is 0.622. The highest BCUT2D eigenvalue weighted by atomic mass is 19.4. The molecule has 1 nitrogen and oxygen atoms in total. The minimum atomic E-state index is -4.60. The summed E-state index contributed by atoms with van der Waals surface area (Å²) in [7, 11) is 0. The molecule has 0 aliphatic rings. The van der Waals surface area contributed by atoms with Crippen LogP contribution in [0.3, 0.4) is 0 Å². The molecule has 0 amide bonds. The molecule has 12 heavy (non-hydrogen) atoms. The van der Waals surface area contributed by atoms with Crippen LogP contribution in [-0.4, -0.2) is 6.36 Å². The second kappa shape index (κ2) is 3.94. The normalized spacial score (nSPS) is 10.2. The third-order valence-corrected chi connectivity index (χ3v) is 0.977. The smallest absolute Gasteiger partial charge is 0.406 e. The molecular formula is C7H6F4O. The Morgan fingerprint density at radius 2 is 1.50 bits per heavy atom. The quantitative estimate of drug-likeness (QED) is 0.606. The van der Waals surface area contributed by atoms with Crippen molar-refractivity contribution in [1.29, 1.82) is 0 Å². The van der Waals surface area contributed by atoms with Crippen LogP contribution < -0.4 is 4.74 Å². The fraction of sp³-hybridized carbons (Fsp3) is 0.143. The lowest BCUT2D eigenvalue weighted by molar-refractivity contribution is -0.274. The monoisotopic (exact) mass is 182 g/mol. The first-order valence-electron chi connectivity index (χ1n) is 2.89. The summed E-state index contributed by atoms with van der Waals surface area (Å²) in [4.78, 5) is 0. The molecule has 0 fully saturated rings. The van der Waals surface area contributed by atoms with Crippen molar-refractivity contribution in [3.05, 3.63) is 30.3 Å².